The molecule has 0 aliphatic rings. The monoisotopic (exact) mass is 685 g/mol. The second-order valence-electron chi connectivity index (χ2n) is 10.6. The summed E-state index contributed by atoms with van der Waals surface area (Å²) in [5.74, 6) is -0.973. The van der Waals surface area contributed by atoms with Crippen molar-refractivity contribution >= 4 is 62.3 Å². The highest BCUT2D eigenvalue weighted by atomic mass is 35.5. The number of hydrogen-bond donors (Lipinski definition) is 1. The lowest BCUT2D eigenvalue weighted by atomic mass is 10.0. The molecule has 11 heteroatoms. The molecule has 0 aromatic heterocycles. The lowest BCUT2D eigenvalue weighted by Gasteiger charge is -2.34. The Kier molecular flexibility index (Phi) is 11.9. The number of rotatable bonds is 13. The molecule has 236 valence electrons. The minimum atomic E-state index is -4.32. The summed E-state index contributed by atoms with van der Waals surface area (Å²) in [4.78, 5) is 29.6. The first-order valence-electron chi connectivity index (χ1n) is 14.4. The smallest absolute Gasteiger partial charge is 0.264 e. The van der Waals surface area contributed by atoms with E-state index < -0.39 is 28.5 Å². The van der Waals surface area contributed by atoms with Crippen molar-refractivity contribution in [2.24, 2.45) is 0 Å². The van der Waals surface area contributed by atoms with Crippen molar-refractivity contribution in [3.8, 4) is 0 Å². The molecule has 0 bridgehead atoms. The molecule has 1 atom stereocenters. The number of benzene rings is 4. The van der Waals surface area contributed by atoms with E-state index in [0.29, 0.717) is 23.6 Å². The van der Waals surface area contributed by atoms with Crippen LogP contribution in [0.3, 0.4) is 0 Å². The molecule has 0 heterocycles. The molecule has 1 N–H and O–H groups in total. The number of hydrogen-bond acceptors (Lipinski definition) is 4. The number of nitrogens with zero attached hydrogens (tertiary/aromatic N) is 2. The van der Waals surface area contributed by atoms with Crippen molar-refractivity contribution in [1.29, 1.82) is 0 Å². The van der Waals surface area contributed by atoms with Crippen LogP contribution < -0.4 is 9.62 Å². The SMILES string of the molecule is CCCNC(=O)[C@@H](Cc1ccccc1)N(Cc1cccc(Cl)c1)C(=O)CN(c1cc(Cl)ccc1Cl)S(=O)(=O)c1ccc(C)cc1. The van der Waals surface area contributed by atoms with E-state index in [4.69, 9.17) is 34.8 Å². The van der Waals surface area contributed by atoms with E-state index in [9.17, 15) is 18.0 Å². The highest BCUT2D eigenvalue weighted by molar-refractivity contribution is 7.92. The number of anilines is 1. The first kappa shape index (κ1) is 34.3. The van der Waals surface area contributed by atoms with Crippen LogP contribution in [0.2, 0.25) is 15.1 Å². The molecule has 2 amide bonds. The zero-order valence-corrected chi connectivity index (χ0v) is 28.0. The Bertz CT molecular complexity index is 1740. The van der Waals surface area contributed by atoms with Crippen molar-refractivity contribution < 1.29 is 18.0 Å². The van der Waals surface area contributed by atoms with Gasteiger partial charge in [0.2, 0.25) is 11.8 Å². The molecule has 4 aromatic rings. The van der Waals surface area contributed by atoms with Crippen LogP contribution in [0.25, 0.3) is 0 Å². The molecule has 0 fully saturated rings. The topological polar surface area (TPSA) is 86.8 Å². The molecule has 0 unspecified atom stereocenters. The van der Waals surface area contributed by atoms with E-state index in [1.165, 1.54) is 35.2 Å². The Morgan fingerprint density at radius 3 is 2.16 bits per heavy atom. The van der Waals surface area contributed by atoms with Gasteiger partial charge in [-0.05, 0) is 66.9 Å². The van der Waals surface area contributed by atoms with Gasteiger partial charge in [-0.2, -0.15) is 0 Å². The number of sulfonamides is 1. The number of carbonyl (C=O) groups is 2. The Morgan fingerprint density at radius 2 is 1.49 bits per heavy atom. The van der Waals surface area contributed by atoms with Crippen LogP contribution >= 0.6 is 34.8 Å². The summed E-state index contributed by atoms with van der Waals surface area (Å²) >= 11 is 19.1. The zero-order valence-electron chi connectivity index (χ0n) is 24.9. The Balaban J connectivity index is 1.83. The van der Waals surface area contributed by atoms with Gasteiger partial charge >= 0.3 is 0 Å². The third-order valence-electron chi connectivity index (χ3n) is 7.13. The third-order valence-corrected chi connectivity index (χ3v) is 9.69. The van der Waals surface area contributed by atoms with Gasteiger partial charge in [0.25, 0.3) is 10.0 Å². The van der Waals surface area contributed by atoms with Gasteiger partial charge in [-0.1, -0.05) is 102 Å². The number of halogens is 3. The maximum atomic E-state index is 14.5. The van der Waals surface area contributed by atoms with Gasteiger partial charge in [0.15, 0.2) is 0 Å². The second-order valence-corrected chi connectivity index (χ2v) is 13.7. The largest absolute Gasteiger partial charge is 0.354 e. The van der Waals surface area contributed by atoms with Crippen LogP contribution in [0.4, 0.5) is 5.69 Å². The van der Waals surface area contributed by atoms with Gasteiger partial charge in [0.1, 0.15) is 12.6 Å². The quantitative estimate of drug-likeness (QED) is 0.160. The number of nitrogens with one attached hydrogen (secondary N) is 1. The van der Waals surface area contributed by atoms with Gasteiger partial charge < -0.3 is 10.2 Å². The molecule has 0 saturated carbocycles. The highest BCUT2D eigenvalue weighted by Gasteiger charge is 2.35. The summed E-state index contributed by atoms with van der Waals surface area (Å²) in [6.07, 6.45) is 0.896. The Hall–Kier alpha value is -3.56. The van der Waals surface area contributed by atoms with Crippen LogP contribution in [0.15, 0.2) is 102 Å². The van der Waals surface area contributed by atoms with Gasteiger partial charge in [0, 0.05) is 29.6 Å². The van der Waals surface area contributed by atoms with E-state index in [-0.39, 0.29) is 39.5 Å². The average Bonchev–Trinajstić information content (AvgIpc) is 3.02. The highest BCUT2D eigenvalue weighted by Crippen LogP contribution is 2.33. The first-order valence-corrected chi connectivity index (χ1v) is 17.0. The molecule has 7 nitrogen and oxygen atoms in total. The Labute approximate surface area is 279 Å². The normalized spacial score (nSPS) is 11.9. The summed E-state index contributed by atoms with van der Waals surface area (Å²) in [6, 6.07) is 26.0. The fourth-order valence-electron chi connectivity index (χ4n) is 4.78. The van der Waals surface area contributed by atoms with Crippen LogP contribution in [-0.4, -0.2) is 44.3 Å². The third kappa shape index (κ3) is 9.01. The minimum absolute atomic E-state index is 0.00185. The zero-order chi connectivity index (χ0) is 32.6. The summed E-state index contributed by atoms with van der Waals surface area (Å²) in [7, 11) is -4.32. The van der Waals surface area contributed by atoms with Crippen LogP contribution in [0.1, 0.15) is 30.0 Å². The van der Waals surface area contributed by atoms with Crippen molar-refractivity contribution in [3.63, 3.8) is 0 Å². The van der Waals surface area contributed by atoms with E-state index in [1.807, 2.05) is 44.2 Å². The van der Waals surface area contributed by atoms with E-state index in [2.05, 4.69) is 5.32 Å². The standard InChI is InChI=1S/C34H34Cl3N3O4S/c1-3-18-38-34(42)32(20-25-8-5-4-6-9-25)39(22-26-10-7-11-27(35)19-26)33(41)23-40(31-21-28(36)14-17-30(31)37)45(43,44)29-15-12-24(2)13-16-29/h4-17,19,21,32H,3,18,20,22-23H2,1-2H3,(H,38,42)/t32-/m1/s1. The Morgan fingerprint density at radius 1 is 0.822 bits per heavy atom. The first-order chi connectivity index (χ1) is 21.5. The molecule has 0 spiro atoms. The molecule has 4 rings (SSSR count). The fraction of sp³-hybridized carbons (Fsp3) is 0.235. The predicted molar refractivity (Wildman–Crippen MR) is 181 cm³/mol. The molecule has 0 aliphatic carbocycles. The molecular weight excluding hydrogens is 653 g/mol. The van der Waals surface area contributed by atoms with Crippen molar-refractivity contribution in [1.82, 2.24) is 10.2 Å². The number of aryl methyl sites for hydroxylation is 1. The molecule has 0 aliphatic heterocycles. The van der Waals surface area contributed by atoms with Gasteiger partial charge in [-0.3, -0.25) is 13.9 Å². The lowest BCUT2D eigenvalue weighted by Crippen LogP contribution is -2.53. The number of amides is 2. The van der Waals surface area contributed by atoms with Gasteiger partial charge in [0.05, 0.1) is 15.6 Å². The maximum Gasteiger partial charge on any atom is 0.264 e. The van der Waals surface area contributed by atoms with E-state index >= 15 is 0 Å². The van der Waals surface area contributed by atoms with Crippen LogP contribution in [0.5, 0.6) is 0 Å². The molecule has 0 radical (unpaired) electrons. The van der Waals surface area contributed by atoms with Crippen LogP contribution in [0, 0.1) is 6.92 Å². The van der Waals surface area contributed by atoms with Gasteiger partial charge in [-0.25, -0.2) is 8.42 Å². The van der Waals surface area contributed by atoms with Crippen molar-refractivity contribution in [3.05, 3.63) is 129 Å². The molecule has 0 saturated heterocycles. The average molecular weight is 687 g/mol. The summed E-state index contributed by atoms with van der Waals surface area (Å²) in [5, 5.41) is 3.71. The summed E-state index contributed by atoms with van der Waals surface area (Å²) < 4.78 is 29.3. The fourth-order valence-corrected chi connectivity index (χ4v) is 6.85. The summed E-state index contributed by atoms with van der Waals surface area (Å²) in [6.45, 7) is 3.54. The minimum Gasteiger partial charge on any atom is -0.354 e. The molecule has 4 aromatic carbocycles. The van der Waals surface area contributed by atoms with E-state index in [1.54, 1.807) is 36.4 Å². The maximum absolute atomic E-state index is 14.5. The van der Waals surface area contributed by atoms with Crippen molar-refractivity contribution in [2.45, 2.75) is 44.2 Å². The lowest BCUT2D eigenvalue weighted by molar-refractivity contribution is -0.140. The second kappa shape index (κ2) is 15.6. The van der Waals surface area contributed by atoms with Crippen LogP contribution in [-0.2, 0) is 32.6 Å². The van der Waals surface area contributed by atoms with Crippen molar-refractivity contribution in [2.75, 3.05) is 17.4 Å². The number of carbonyl (C=O) groups excluding carboxylic acids is 2. The predicted octanol–water partition coefficient (Wildman–Crippen LogP) is 7.32. The summed E-state index contributed by atoms with van der Waals surface area (Å²) in [5.41, 5.74) is 2.41. The van der Waals surface area contributed by atoms with Gasteiger partial charge in [-0.15, -0.1) is 0 Å². The molecular formula is C34H34Cl3N3O4S. The molecule has 45 heavy (non-hydrogen) atoms. The van der Waals surface area contributed by atoms with E-state index in [0.717, 1.165) is 15.4 Å².